The molecule has 0 bridgehead atoms. The second-order valence-electron chi connectivity index (χ2n) is 5.35. The summed E-state index contributed by atoms with van der Waals surface area (Å²) >= 11 is 11.6. The molecule has 1 saturated heterocycles. The Morgan fingerprint density at radius 1 is 1.26 bits per heavy atom. The summed E-state index contributed by atoms with van der Waals surface area (Å²) in [5, 5.41) is 0. The molecular formula is C12H23Cl2N2O2P. The largest absolute Gasteiger partial charge is 0.346 e. The van der Waals surface area contributed by atoms with Gasteiger partial charge in [-0.15, -0.1) is 23.2 Å². The second-order valence-corrected chi connectivity index (χ2v) is 8.55. The van der Waals surface area contributed by atoms with Crippen LogP contribution in [0.25, 0.3) is 0 Å². The van der Waals surface area contributed by atoms with Crippen LogP contribution in [0.5, 0.6) is 0 Å². The van der Waals surface area contributed by atoms with E-state index in [0.717, 1.165) is 13.0 Å². The highest BCUT2D eigenvalue weighted by molar-refractivity contribution is 7.54. The molecule has 2 fully saturated rings. The van der Waals surface area contributed by atoms with Crippen LogP contribution in [0.1, 0.15) is 25.7 Å². The van der Waals surface area contributed by atoms with Crippen molar-refractivity contribution in [2.45, 2.75) is 31.8 Å². The normalized spacial score (nSPS) is 36.4. The van der Waals surface area contributed by atoms with Crippen molar-refractivity contribution in [3.8, 4) is 0 Å². The van der Waals surface area contributed by atoms with E-state index in [1.165, 1.54) is 19.3 Å². The van der Waals surface area contributed by atoms with E-state index in [1.54, 1.807) is 0 Å². The smallest absolute Gasteiger partial charge is 0.302 e. The van der Waals surface area contributed by atoms with Gasteiger partial charge in [0.25, 0.3) is 0 Å². The SMILES string of the molecule is CN1C[C@@H]2CCCC[C@@H]2O[P@]1(=O)N(CCCl)CCCl. The van der Waals surface area contributed by atoms with Crippen molar-refractivity contribution in [3.63, 3.8) is 0 Å². The Kier molecular flexibility index (Phi) is 6.01. The quantitative estimate of drug-likeness (QED) is 0.572. The molecular weight excluding hydrogens is 306 g/mol. The fourth-order valence-electron chi connectivity index (χ4n) is 3.06. The zero-order valence-electron chi connectivity index (χ0n) is 11.4. The first-order valence-corrected chi connectivity index (χ1v) is 9.59. The maximum atomic E-state index is 13.2. The molecule has 0 amide bonds. The van der Waals surface area contributed by atoms with Crippen LogP contribution < -0.4 is 0 Å². The van der Waals surface area contributed by atoms with E-state index < -0.39 is 7.67 Å². The molecule has 0 aromatic rings. The van der Waals surface area contributed by atoms with Crippen molar-refractivity contribution >= 4 is 30.9 Å². The Hall–Kier alpha value is 0.690. The van der Waals surface area contributed by atoms with Gasteiger partial charge in [-0.2, -0.15) is 0 Å². The summed E-state index contributed by atoms with van der Waals surface area (Å²) in [6.07, 6.45) is 4.79. The minimum absolute atomic E-state index is 0.143. The molecule has 112 valence electrons. The lowest BCUT2D eigenvalue weighted by atomic mass is 9.86. The summed E-state index contributed by atoms with van der Waals surface area (Å²) in [7, 11) is -1.05. The standard InChI is InChI=1S/C12H23Cl2N2O2P/c1-15-10-11-4-2-3-5-12(11)18-19(15,17)16(8-6-13)9-7-14/h11-12H,2-10H2,1H3/t11-,12-,19-/m0/s1. The molecule has 7 heteroatoms. The molecule has 4 nitrogen and oxygen atoms in total. The fraction of sp³-hybridized carbons (Fsp3) is 1.00. The molecule has 3 atom stereocenters. The lowest BCUT2D eigenvalue weighted by molar-refractivity contribution is 0.0304. The van der Waals surface area contributed by atoms with Gasteiger partial charge in [0.15, 0.2) is 0 Å². The molecule has 0 N–H and O–H groups in total. The zero-order valence-corrected chi connectivity index (χ0v) is 13.8. The molecule has 2 aliphatic rings. The van der Waals surface area contributed by atoms with E-state index in [9.17, 15) is 4.57 Å². The van der Waals surface area contributed by atoms with Crippen molar-refractivity contribution < 1.29 is 9.09 Å². The minimum Gasteiger partial charge on any atom is -0.302 e. The highest BCUT2D eigenvalue weighted by Gasteiger charge is 2.46. The first kappa shape index (κ1) is 16.1. The molecule has 2 rings (SSSR count). The summed E-state index contributed by atoms with van der Waals surface area (Å²) in [6.45, 7) is 1.95. The van der Waals surface area contributed by atoms with Crippen LogP contribution in [-0.2, 0) is 9.09 Å². The highest BCUT2D eigenvalue weighted by atomic mass is 35.5. The van der Waals surface area contributed by atoms with E-state index in [0.29, 0.717) is 30.8 Å². The summed E-state index contributed by atoms with van der Waals surface area (Å²) < 4.78 is 23.0. The van der Waals surface area contributed by atoms with Crippen LogP contribution >= 0.6 is 30.9 Å². The third kappa shape index (κ3) is 3.48. The Labute approximate surface area is 125 Å². The average Bonchev–Trinajstić information content (AvgIpc) is 2.40. The third-order valence-corrected chi connectivity index (χ3v) is 7.11. The number of hydrogen-bond donors (Lipinski definition) is 0. The van der Waals surface area contributed by atoms with Crippen molar-refractivity contribution in [1.82, 2.24) is 9.34 Å². The number of nitrogens with zero attached hydrogens (tertiary/aromatic N) is 2. The van der Waals surface area contributed by atoms with Crippen LogP contribution in [0.15, 0.2) is 0 Å². The summed E-state index contributed by atoms with van der Waals surface area (Å²) in [6, 6.07) is 0. The van der Waals surface area contributed by atoms with Gasteiger partial charge in [-0.05, 0) is 25.8 Å². The van der Waals surface area contributed by atoms with Crippen LogP contribution in [0, 0.1) is 5.92 Å². The van der Waals surface area contributed by atoms with E-state index in [2.05, 4.69) is 0 Å². The van der Waals surface area contributed by atoms with Crippen molar-refractivity contribution in [2.24, 2.45) is 5.92 Å². The molecule has 19 heavy (non-hydrogen) atoms. The first-order chi connectivity index (χ1) is 9.11. The molecule has 0 aromatic heterocycles. The van der Waals surface area contributed by atoms with Gasteiger partial charge >= 0.3 is 7.67 Å². The van der Waals surface area contributed by atoms with Gasteiger partial charge in [-0.1, -0.05) is 12.8 Å². The number of alkyl halides is 2. The molecule has 0 aromatic carbocycles. The second kappa shape index (κ2) is 7.11. The van der Waals surface area contributed by atoms with Gasteiger partial charge in [0, 0.05) is 31.4 Å². The summed E-state index contributed by atoms with van der Waals surface area (Å²) in [5.74, 6) is 1.40. The lowest BCUT2D eigenvalue weighted by Crippen LogP contribution is -2.46. The highest BCUT2D eigenvalue weighted by Crippen LogP contribution is 2.59. The number of hydrogen-bond acceptors (Lipinski definition) is 2. The molecule has 0 spiro atoms. The van der Waals surface area contributed by atoms with Gasteiger partial charge in [0.2, 0.25) is 0 Å². The Morgan fingerprint density at radius 2 is 1.89 bits per heavy atom. The van der Waals surface area contributed by atoms with Crippen LogP contribution in [-0.4, -0.2) is 53.9 Å². The van der Waals surface area contributed by atoms with Crippen LogP contribution in [0.2, 0.25) is 0 Å². The minimum atomic E-state index is -2.94. The molecule has 1 aliphatic carbocycles. The maximum absolute atomic E-state index is 13.2. The van der Waals surface area contributed by atoms with Gasteiger partial charge in [0.05, 0.1) is 6.10 Å². The van der Waals surface area contributed by atoms with E-state index in [-0.39, 0.29) is 6.10 Å². The zero-order chi connectivity index (χ0) is 13.9. The molecule has 0 radical (unpaired) electrons. The summed E-state index contributed by atoms with van der Waals surface area (Å²) in [5.41, 5.74) is 0. The Bertz CT molecular complexity index is 340. The number of fused-ring (bicyclic) bond motifs is 1. The topological polar surface area (TPSA) is 32.8 Å². The molecule has 0 unspecified atom stereocenters. The van der Waals surface area contributed by atoms with E-state index >= 15 is 0 Å². The maximum Gasteiger partial charge on any atom is 0.346 e. The molecule has 1 saturated carbocycles. The fourth-order valence-corrected chi connectivity index (χ4v) is 6.18. The van der Waals surface area contributed by atoms with Gasteiger partial charge in [0.1, 0.15) is 0 Å². The van der Waals surface area contributed by atoms with Crippen molar-refractivity contribution in [3.05, 3.63) is 0 Å². The van der Waals surface area contributed by atoms with E-state index in [4.69, 9.17) is 27.7 Å². The Balaban J connectivity index is 2.13. The van der Waals surface area contributed by atoms with Gasteiger partial charge in [-0.3, -0.25) is 4.57 Å². The lowest BCUT2D eigenvalue weighted by Gasteiger charge is -2.47. The first-order valence-electron chi connectivity index (χ1n) is 6.99. The number of rotatable bonds is 5. The van der Waals surface area contributed by atoms with Crippen LogP contribution in [0.3, 0.4) is 0 Å². The Morgan fingerprint density at radius 3 is 2.53 bits per heavy atom. The van der Waals surface area contributed by atoms with E-state index in [1.807, 2.05) is 16.4 Å². The van der Waals surface area contributed by atoms with Crippen molar-refractivity contribution in [2.75, 3.05) is 38.4 Å². The predicted octanol–water partition coefficient (Wildman–Crippen LogP) is 3.39. The molecule has 1 aliphatic heterocycles. The third-order valence-electron chi connectivity index (χ3n) is 4.08. The van der Waals surface area contributed by atoms with Gasteiger partial charge < -0.3 is 4.52 Å². The number of halogens is 2. The van der Waals surface area contributed by atoms with Gasteiger partial charge in [-0.25, -0.2) is 9.34 Å². The molecule has 1 heterocycles. The van der Waals surface area contributed by atoms with Crippen molar-refractivity contribution in [1.29, 1.82) is 0 Å². The van der Waals surface area contributed by atoms with Crippen LogP contribution in [0.4, 0.5) is 0 Å². The monoisotopic (exact) mass is 328 g/mol. The predicted molar refractivity (Wildman–Crippen MR) is 80.1 cm³/mol. The summed E-state index contributed by atoms with van der Waals surface area (Å²) in [4.78, 5) is 0. The average molecular weight is 329 g/mol.